The van der Waals surface area contributed by atoms with Crippen molar-refractivity contribution in [3.8, 4) is 11.3 Å². The molecule has 0 aliphatic carbocycles. The van der Waals surface area contributed by atoms with Crippen molar-refractivity contribution in [3.05, 3.63) is 80.4 Å². The van der Waals surface area contributed by atoms with Crippen LogP contribution in [0.15, 0.2) is 68.8 Å². The molecule has 0 atom stereocenters. The molecule has 1 aromatic heterocycles. The van der Waals surface area contributed by atoms with E-state index in [2.05, 4.69) is 0 Å². The van der Waals surface area contributed by atoms with Crippen LogP contribution in [-0.4, -0.2) is 21.4 Å². The highest BCUT2D eigenvalue weighted by Crippen LogP contribution is 2.38. The molecule has 31 heavy (non-hydrogen) atoms. The lowest BCUT2D eigenvalue weighted by molar-refractivity contribution is -0.384. The van der Waals surface area contributed by atoms with Gasteiger partial charge < -0.3 is 4.42 Å². The molecule has 0 spiro atoms. The van der Waals surface area contributed by atoms with Gasteiger partial charge in [0, 0.05) is 28.7 Å². The van der Waals surface area contributed by atoms with Crippen LogP contribution in [0.3, 0.4) is 0 Å². The second-order valence-electron chi connectivity index (χ2n) is 6.34. The zero-order valence-corrected chi connectivity index (χ0v) is 19.1. The molecule has 1 saturated heterocycles. The predicted molar refractivity (Wildman–Crippen MR) is 130 cm³/mol. The third-order valence-electron chi connectivity index (χ3n) is 4.43. The second kappa shape index (κ2) is 8.88. The first-order valence-electron chi connectivity index (χ1n) is 8.83. The van der Waals surface area contributed by atoms with Crippen LogP contribution in [0, 0.1) is 10.1 Å². The fourth-order valence-electron chi connectivity index (χ4n) is 2.96. The Kier molecular flexibility index (Phi) is 6.19. The number of anilines is 1. The fourth-order valence-corrected chi connectivity index (χ4v) is 4.90. The topological polar surface area (TPSA) is 76.6 Å². The summed E-state index contributed by atoms with van der Waals surface area (Å²) in [6.07, 6.45) is 3.57. The zero-order valence-electron chi connectivity index (χ0n) is 15.9. The van der Waals surface area contributed by atoms with Crippen molar-refractivity contribution in [2.75, 3.05) is 11.2 Å². The summed E-state index contributed by atoms with van der Waals surface area (Å²) in [5, 5.41) is 11.4. The summed E-state index contributed by atoms with van der Waals surface area (Å²) in [5.41, 5.74) is 1.02. The average Bonchev–Trinajstić information content (AvgIpc) is 3.32. The van der Waals surface area contributed by atoms with E-state index in [-0.39, 0.29) is 11.6 Å². The van der Waals surface area contributed by atoms with E-state index in [1.165, 1.54) is 34.9 Å². The molecule has 1 fully saturated rings. The Morgan fingerprint density at radius 2 is 2.03 bits per heavy atom. The number of nitrogens with zero attached hydrogens (tertiary/aromatic N) is 2. The molecule has 1 amide bonds. The highest BCUT2D eigenvalue weighted by atomic mass is 35.5. The lowest BCUT2D eigenvalue weighted by Gasteiger charge is -2.15. The van der Waals surface area contributed by atoms with E-state index in [4.69, 9.17) is 28.2 Å². The maximum absolute atomic E-state index is 13.0. The smallest absolute Gasteiger partial charge is 0.270 e. The van der Waals surface area contributed by atoms with Gasteiger partial charge >= 0.3 is 0 Å². The molecule has 0 unspecified atom stereocenters. The first kappa shape index (κ1) is 21.6. The van der Waals surface area contributed by atoms with E-state index in [1.54, 1.807) is 30.0 Å². The maximum Gasteiger partial charge on any atom is 0.270 e. The molecule has 1 aliphatic rings. The van der Waals surface area contributed by atoms with Gasteiger partial charge in [-0.3, -0.25) is 19.8 Å². The largest absolute Gasteiger partial charge is 0.457 e. The van der Waals surface area contributed by atoms with E-state index in [0.29, 0.717) is 37.0 Å². The number of nitro groups is 1. The molecular weight excluding hydrogens is 476 g/mol. The van der Waals surface area contributed by atoms with Crippen molar-refractivity contribution in [3.63, 3.8) is 0 Å². The summed E-state index contributed by atoms with van der Waals surface area (Å²) < 4.78 is 6.23. The summed E-state index contributed by atoms with van der Waals surface area (Å²) in [7, 11) is 0. The van der Waals surface area contributed by atoms with Gasteiger partial charge in [-0.15, -0.1) is 11.8 Å². The van der Waals surface area contributed by atoms with Gasteiger partial charge in [0.25, 0.3) is 11.6 Å². The number of hydrogen-bond acceptors (Lipinski definition) is 7. The number of amides is 1. The minimum atomic E-state index is -0.499. The number of carbonyl (C=O) groups excluding carboxylic acids is 1. The van der Waals surface area contributed by atoms with Gasteiger partial charge in [-0.1, -0.05) is 41.6 Å². The number of hydrogen-bond donors (Lipinski definition) is 0. The molecule has 10 heteroatoms. The van der Waals surface area contributed by atoms with Crippen LogP contribution in [0.5, 0.6) is 0 Å². The normalized spacial score (nSPS) is 15.2. The van der Waals surface area contributed by atoms with E-state index in [1.807, 2.05) is 30.5 Å². The van der Waals surface area contributed by atoms with Crippen molar-refractivity contribution < 1.29 is 14.1 Å². The molecule has 1 aliphatic heterocycles. The molecule has 0 saturated carbocycles. The van der Waals surface area contributed by atoms with Crippen molar-refractivity contribution in [2.45, 2.75) is 4.90 Å². The van der Waals surface area contributed by atoms with Gasteiger partial charge in [-0.2, -0.15) is 0 Å². The molecule has 0 N–H and O–H groups in total. The van der Waals surface area contributed by atoms with Crippen LogP contribution in [-0.2, 0) is 4.79 Å². The number of nitro benzene ring substituents is 1. The van der Waals surface area contributed by atoms with Gasteiger partial charge in [0.1, 0.15) is 11.5 Å². The van der Waals surface area contributed by atoms with Crippen molar-refractivity contribution in [1.82, 2.24) is 0 Å². The van der Waals surface area contributed by atoms with Crippen molar-refractivity contribution >= 4 is 75.0 Å². The van der Waals surface area contributed by atoms with Crippen LogP contribution in [0.1, 0.15) is 5.76 Å². The van der Waals surface area contributed by atoms with Crippen molar-refractivity contribution in [1.29, 1.82) is 0 Å². The highest BCUT2D eigenvalue weighted by molar-refractivity contribution is 8.27. The number of carbonyl (C=O) groups is 1. The Balaban J connectivity index is 1.63. The Morgan fingerprint density at radius 1 is 1.23 bits per heavy atom. The Labute approximate surface area is 196 Å². The summed E-state index contributed by atoms with van der Waals surface area (Å²) in [5.74, 6) is 0.540. The Hall–Kier alpha value is -2.59. The number of non-ortho nitro benzene ring substituents is 1. The number of thioether (sulfide) groups is 2. The van der Waals surface area contributed by atoms with Crippen molar-refractivity contribution in [2.24, 2.45) is 0 Å². The Morgan fingerprint density at radius 3 is 2.77 bits per heavy atom. The van der Waals surface area contributed by atoms with Crippen LogP contribution in [0.4, 0.5) is 11.4 Å². The third kappa shape index (κ3) is 4.40. The molecule has 2 aromatic carbocycles. The van der Waals surface area contributed by atoms with Gasteiger partial charge in [-0.05, 0) is 42.7 Å². The van der Waals surface area contributed by atoms with Gasteiger partial charge in [0.15, 0.2) is 4.32 Å². The van der Waals surface area contributed by atoms with E-state index in [9.17, 15) is 14.9 Å². The quantitative estimate of drug-likeness (QED) is 0.131. The van der Waals surface area contributed by atoms with E-state index >= 15 is 0 Å². The SMILES string of the molecule is CSc1cccc(N2C(=O)/C(=C\c3ccc(-c4cc([N+](=O)[O-])ccc4Cl)o3)SC2=S)c1. The number of rotatable bonds is 5. The average molecular weight is 489 g/mol. The second-order valence-corrected chi connectivity index (χ2v) is 9.30. The monoisotopic (exact) mass is 488 g/mol. The minimum Gasteiger partial charge on any atom is -0.457 e. The lowest BCUT2D eigenvalue weighted by atomic mass is 10.1. The Bertz CT molecular complexity index is 1250. The van der Waals surface area contributed by atoms with Crippen LogP contribution in [0.2, 0.25) is 5.02 Å². The molecule has 0 bridgehead atoms. The number of halogens is 1. The number of thiocarbonyl (C=S) groups is 1. The van der Waals surface area contributed by atoms with Crippen LogP contribution in [0.25, 0.3) is 17.4 Å². The zero-order chi connectivity index (χ0) is 22.1. The molecule has 0 radical (unpaired) electrons. The van der Waals surface area contributed by atoms with E-state index in [0.717, 1.165) is 4.90 Å². The lowest BCUT2D eigenvalue weighted by Crippen LogP contribution is -2.27. The van der Waals surface area contributed by atoms with Gasteiger partial charge in [0.05, 0.1) is 20.5 Å². The summed E-state index contributed by atoms with van der Waals surface area (Å²) in [4.78, 5) is 26.5. The summed E-state index contributed by atoms with van der Waals surface area (Å²) in [6.45, 7) is 0. The highest BCUT2D eigenvalue weighted by Gasteiger charge is 2.33. The standard InChI is InChI=1S/C21H13ClN2O4S3/c1-30-15-4-2-3-12(9-15)23-20(25)19(31-21(23)29)11-14-6-8-18(28-14)16-10-13(24(26)27)5-7-17(16)22/h2-11H,1H3/b19-11+. The fraction of sp³-hybridized carbons (Fsp3) is 0.0476. The summed E-state index contributed by atoms with van der Waals surface area (Å²) in [6, 6.07) is 15.0. The first-order chi connectivity index (χ1) is 14.9. The molecule has 4 rings (SSSR count). The predicted octanol–water partition coefficient (Wildman–Crippen LogP) is 6.64. The first-order valence-corrected chi connectivity index (χ1v) is 11.7. The minimum absolute atomic E-state index is 0.0919. The summed E-state index contributed by atoms with van der Waals surface area (Å²) >= 11 is 14.4. The third-order valence-corrected chi connectivity index (χ3v) is 6.79. The molecule has 156 valence electrons. The van der Waals surface area contributed by atoms with Crippen LogP contribution >= 0.6 is 47.3 Å². The van der Waals surface area contributed by atoms with Gasteiger partial charge in [0.2, 0.25) is 0 Å². The van der Waals surface area contributed by atoms with Crippen LogP contribution < -0.4 is 4.90 Å². The van der Waals surface area contributed by atoms with Gasteiger partial charge in [-0.25, -0.2) is 0 Å². The number of furan rings is 1. The maximum atomic E-state index is 13.0. The van der Waals surface area contributed by atoms with E-state index < -0.39 is 4.92 Å². The molecule has 2 heterocycles. The molecule has 6 nitrogen and oxygen atoms in total. The number of benzene rings is 2. The molecular formula is C21H13ClN2O4S3. The molecule has 3 aromatic rings.